The van der Waals surface area contributed by atoms with Gasteiger partial charge in [0.2, 0.25) is 5.95 Å². The number of piperidine rings is 1. The molecule has 0 aromatic carbocycles. The van der Waals surface area contributed by atoms with Crippen LogP contribution in [-0.4, -0.2) is 69.1 Å². The Bertz CT molecular complexity index is 804. The van der Waals surface area contributed by atoms with Gasteiger partial charge in [0, 0.05) is 33.4 Å². The van der Waals surface area contributed by atoms with Gasteiger partial charge >= 0.3 is 0 Å². The van der Waals surface area contributed by atoms with E-state index in [1.54, 1.807) is 12.4 Å². The molecule has 9 nitrogen and oxygen atoms in total. The van der Waals surface area contributed by atoms with Crippen molar-refractivity contribution in [3.05, 3.63) is 29.3 Å². The Morgan fingerprint density at radius 1 is 1.36 bits per heavy atom. The van der Waals surface area contributed by atoms with E-state index in [0.717, 1.165) is 12.1 Å². The van der Waals surface area contributed by atoms with Gasteiger partial charge in [-0.05, 0) is 13.3 Å². The molecule has 0 aliphatic carbocycles. The first-order chi connectivity index (χ1) is 12.0. The second kappa shape index (κ2) is 6.07. The van der Waals surface area contributed by atoms with Gasteiger partial charge in [-0.2, -0.15) is 0 Å². The van der Waals surface area contributed by atoms with E-state index in [1.165, 1.54) is 0 Å². The number of anilines is 1. The van der Waals surface area contributed by atoms with E-state index in [1.807, 2.05) is 35.5 Å². The predicted octanol–water partition coefficient (Wildman–Crippen LogP) is 0.429. The molecule has 0 unspecified atom stereocenters. The molecule has 0 N–H and O–H groups in total. The highest BCUT2D eigenvalue weighted by Crippen LogP contribution is 2.30. The molecule has 2 aromatic rings. The zero-order valence-corrected chi connectivity index (χ0v) is 14.6. The molecular weight excluding hydrogens is 322 g/mol. The SMILES string of the molecule is Cc1nc(N(C)C)ncc1C(=O)N1CC[C@@H]2OCc3cnnn3[C@@H]2C1. The Kier molecular flexibility index (Phi) is 3.87. The summed E-state index contributed by atoms with van der Waals surface area (Å²) in [5, 5.41) is 8.14. The standard InChI is InChI=1S/C16H21N7O2/c1-10-12(7-17-16(19-10)21(2)3)15(24)22-5-4-14-13(8-22)23-11(9-25-14)6-18-20-23/h6-7,13-14H,4-5,8-9H2,1-3H3/t13-,14+/m1/s1. The van der Waals surface area contributed by atoms with E-state index in [4.69, 9.17) is 4.74 Å². The monoisotopic (exact) mass is 343 g/mol. The lowest BCUT2D eigenvalue weighted by atomic mass is 9.99. The molecule has 0 radical (unpaired) electrons. The van der Waals surface area contributed by atoms with Crippen molar-refractivity contribution in [3.63, 3.8) is 0 Å². The second-order valence-electron chi connectivity index (χ2n) is 6.69. The Morgan fingerprint density at radius 2 is 2.20 bits per heavy atom. The number of aryl methyl sites for hydroxylation is 1. The minimum Gasteiger partial charge on any atom is -0.370 e. The first-order valence-electron chi connectivity index (χ1n) is 8.35. The number of carbonyl (C=O) groups is 1. The summed E-state index contributed by atoms with van der Waals surface area (Å²) in [4.78, 5) is 25.3. The normalized spacial score (nSPS) is 22.3. The number of ether oxygens (including phenoxy) is 1. The van der Waals surface area contributed by atoms with Gasteiger partial charge in [-0.1, -0.05) is 5.21 Å². The van der Waals surface area contributed by atoms with Crippen LogP contribution in [0.4, 0.5) is 5.95 Å². The van der Waals surface area contributed by atoms with Crippen molar-refractivity contribution in [1.82, 2.24) is 29.9 Å². The molecule has 2 aliphatic rings. The third-order valence-electron chi connectivity index (χ3n) is 4.81. The van der Waals surface area contributed by atoms with Gasteiger partial charge in [-0.3, -0.25) is 4.79 Å². The summed E-state index contributed by atoms with van der Waals surface area (Å²) in [5.74, 6) is 0.550. The highest BCUT2D eigenvalue weighted by atomic mass is 16.5. The van der Waals surface area contributed by atoms with Crippen LogP contribution in [0.2, 0.25) is 0 Å². The number of rotatable bonds is 2. The maximum absolute atomic E-state index is 13.0. The highest BCUT2D eigenvalue weighted by Gasteiger charge is 2.38. The summed E-state index contributed by atoms with van der Waals surface area (Å²) < 4.78 is 7.79. The largest absolute Gasteiger partial charge is 0.370 e. The van der Waals surface area contributed by atoms with Gasteiger partial charge in [0.15, 0.2) is 0 Å². The van der Waals surface area contributed by atoms with Crippen LogP contribution in [0.5, 0.6) is 0 Å². The summed E-state index contributed by atoms with van der Waals surface area (Å²) in [7, 11) is 3.75. The molecule has 9 heteroatoms. The van der Waals surface area contributed by atoms with Crippen LogP contribution in [0.25, 0.3) is 0 Å². The number of carbonyl (C=O) groups excluding carboxylic acids is 1. The van der Waals surface area contributed by atoms with E-state index in [0.29, 0.717) is 36.9 Å². The van der Waals surface area contributed by atoms with Gasteiger partial charge in [0.1, 0.15) is 0 Å². The summed E-state index contributed by atoms with van der Waals surface area (Å²) >= 11 is 0. The van der Waals surface area contributed by atoms with Crippen LogP contribution in [0.3, 0.4) is 0 Å². The van der Waals surface area contributed by atoms with Crippen LogP contribution < -0.4 is 4.90 Å². The van der Waals surface area contributed by atoms with Crippen LogP contribution >= 0.6 is 0 Å². The van der Waals surface area contributed by atoms with Crippen molar-refractivity contribution in [2.75, 3.05) is 32.1 Å². The maximum atomic E-state index is 13.0. The van der Waals surface area contributed by atoms with Crippen molar-refractivity contribution < 1.29 is 9.53 Å². The van der Waals surface area contributed by atoms with Crippen molar-refractivity contribution in [1.29, 1.82) is 0 Å². The van der Waals surface area contributed by atoms with Gasteiger partial charge in [-0.25, -0.2) is 14.6 Å². The second-order valence-corrected chi connectivity index (χ2v) is 6.69. The lowest BCUT2D eigenvalue weighted by molar-refractivity contribution is -0.0605. The Morgan fingerprint density at radius 3 is 2.96 bits per heavy atom. The zero-order valence-electron chi connectivity index (χ0n) is 14.6. The first kappa shape index (κ1) is 15.9. The summed E-state index contributed by atoms with van der Waals surface area (Å²) in [5.41, 5.74) is 2.18. The fraction of sp³-hybridized carbons (Fsp3) is 0.562. The van der Waals surface area contributed by atoms with Gasteiger partial charge in [-0.15, -0.1) is 5.10 Å². The fourth-order valence-corrected chi connectivity index (χ4v) is 3.41. The molecule has 1 saturated heterocycles. The van der Waals surface area contributed by atoms with Crippen molar-refractivity contribution >= 4 is 11.9 Å². The molecule has 2 aromatic heterocycles. The van der Waals surface area contributed by atoms with E-state index in [2.05, 4.69) is 20.3 Å². The quantitative estimate of drug-likeness (QED) is 0.781. The minimum atomic E-state index is -0.0477. The molecule has 2 atom stereocenters. The number of amides is 1. The number of nitrogens with zero attached hydrogens (tertiary/aromatic N) is 7. The maximum Gasteiger partial charge on any atom is 0.257 e. The van der Waals surface area contributed by atoms with E-state index < -0.39 is 0 Å². The van der Waals surface area contributed by atoms with Crippen LogP contribution in [0.15, 0.2) is 12.4 Å². The van der Waals surface area contributed by atoms with Gasteiger partial charge < -0.3 is 14.5 Å². The molecule has 1 amide bonds. The van der Waals surface area contributed by atoms with Crippen molar-refractivity contribution in [2.24, 2.45) is 0 Å². The molecule has 1 fully saturated rings. The molecule has 2 aliphatic heterocycles. The third kappa shape index (κ3) is 2.74. The van der Waals surface area contributed by atoms with Crippen molar-refractivity contribution in [2.45, 2.75) is 32.1 Å². The average molecular weight is 343 g/mol. The Labute approximate surface area is 145 Å². The molecular formula is C16H21N7O2. The average Bonchev–Trinajstić information content (AvgIpc) is 3.09. The first-order valence-corrected chi connectivity index (χ1v) is 8.35. The Hall–Kier alpha value is -2.55. The van der Waals surface area contributed by atoms with E-state index >= 15 is 0 Å². The van der Waals surface area contributed by atoms with Gasteiger partial charge in [0.05, 0.1) is 41.9 Å². The Balaban J connectivity index is 1.56. The molecule has 4 heterocycles. The number of hydrogen-bond donors (Lipinski definition) is 0. The number of fused-ring (bicyclic) bond motifs is 3. The van der Waals surface area contributed by atoms with Crippen LogP contribution in [0.1, 0.15) is 34.2 Å². The molecule has 0 saturated carbocycles. The van der Waals surface area contributed by atoms with Crippen LogP contribution in [-0.2, 0) is 11.3 Å². The fourth-order valence-electron chi connectivity index (χ4n) is 3.41. The number of aromatic nitrogens is 5. The molecule has 132 valence electrons. The lowest BCUT2D eigenvalue weighted by Crippen LogP contribution is -2.50. The van der Waals surface area contributed by atoms with Gasteiger partial charge in [0.25, 0.3) is 5.91 Å². The van der Waals surface area contributed by atoms with E-state index in [9.17, 15) is 4.79 Å². The minimum absolute atomic E-state index is 0.00576. The molecule has 0 bridgehead atoms. The topological polar surface area (TPSA) is 89.3 Å². The molecule has 0 spiro atoms. The predicted molar refractivity (Wildman–Crippen MR) is 89.3 cm³/mol. The summed E-state index contributed by atoms with van der Waals surface area (Å²) in [6, 6.07) is 0.00576. The molecule has 25 heavy (non-hydrogen) atoms. The lowest BCUT2D eigenvalue weighted by Gasteiger charge is -2.41. The molecule has 4 rings (SSSR count). The number of likely N-dealkylation sites (tertiary alicyclic amines) is 1. The number of hydrogen-bond acceptors (Lipinski definition) is 7. The summed E-state index contributed by atoms with van der Waals surface area (Å²) in [6.07, 6.45) is 4.19. The smallest absolute Gasteiger partial charge is 0.257 e. The zero-order chi connectivity index (χ0) is 17.6. The summed E-state index contributed by atoms with van der Waals surface area (Å²) in [6.45, 7) is 3.57. The van der Waals surface area contributed by atoms with Crippen LogP contribution in [0, 0.1) is 6.92 Å². The highest BCUT2D eigenvalue weighted by molar-refractivity contribution is 5.95. The third-order valence-corrected chi connectivity index (χ3v) is 4.81. The van der Waals surface area contributed by atoms with E-state index in [-0.39, 0.29) is 18.1 Å². The van der Waals surface area contributed by atoms with Crippen molar-refractivity contribution in [3.8, 4) is 0 Å².